The van der Waals surface area contributed by atoms with Gasteiger partial charge < -0.3 is 14.6 Å². The molecule has 21 heavy (non-hydrogen) atoms. The molecule has 1 aromatic carbocycles. The fourth-order valence-corrected chi connectivity index (χ4v) is 3.37. The summed E-state index contributed by atoms with van der Waals surface area (Å²) in [5, 5.41) is 10.2. The second-order valence-corrected chi connectivity index (χ2v) is 6.23. The van der Waals surface area contributed by atoms with Crippen molar-refractivity contribution in [2.24, 2.45) is 5.92 Å². The summed E-state index contributed by atoms with van der Waals surface area (Å²) >= 11 is 5.54. The van der Waals surface area contributed by atoms with E-state index in [2.05, 4.69) is 0 Å². The van der Waals surface area contributed by atoms with Crippen LogP contribution in [0.25, 0.3) is 0 Å². The van der Waals surface area contributed by atoms with Crippen molar-refractivity contribution in [2.45, 2.75) is 31.0 Å². The van der Waals surface area contributed by atoms with Gasteiger partial charge in [0.2, 0.25) is 0 Å². The van der Waals surface area contributed by atoms with Crippen LogP contribution in [0.3, 0.4) is 0 Å². The lowest BCUT2D eigenvalue weighted by Gasteiger charge is -2.39. The molecule has 3 unspecified atom stereocenters. The van der Waals surface area contributed by atoms with Crippen LogP contribution in [0, 0.1) is 17.6 Å². The van der Waals surface area contributed by atoms with E-state index in [1.54, 1.807) is 0 Å². The molecule has 2 heterocycles. The Bertz CT molecular complexity index is 532. The highest BCUT2D eigenvalue weighted by Crippen LogP contribution is 2.41. The van der Waals surface area contributed by atoms with Crippen molar-refractivity contribution >= 4 is 11.6 Å². The molecule has 2 aliphatic rings. The van der Waals surface area contributed by atoms with Crippen LogP contribution in [0.2, 0.25) is 5.02 Å². The molecule has 3 atom stereocenters. The van der Waals surface area contributed by atoms with Gasteiger partial charge >= 0.3 is 0 Å². The Labute approximate surface area is 126 Å². The van der Waals surface area contributed by atoms with Gasteiger partial charge in [-0.3, -0.25) is 0 Å². The van der Waals surface area contributed by atoms with Gasteiger partial charge in [0.25, 0.3) is 0 Å². The van der Waals surface area contributed by atoms with E-state index in [-0.39, 0.29) is 22.1 Å². The summed E-state index contributed by atoms with van der Waals surface area (Å²) in [6.45, 7) is 1.61. The van der Waals surface area contributed by atoms with Gasteiger partial charge in [0, 0.05) is 25.2 Å². The van der Waals surface area contributed by atoms with Crippen LogP contribution in [0.1, 0.15) is 30.9 Å². The second kappa shape index (κ2) is 5.80. The Hall–Kier alpha value is -0.750. The zero-order chi connectivity index (χ0) is 15.0. The molecule has 0 saturated carbocycles. The van der Waals surface area contributed by atoms with E-state index >= 15 is 0 Å². The highest BCUT2D eigenvalue weighted by atomic mass is 35.5. The molecule has 1 N–H and O–H groups in total. The van der Waals surface area contributed by atoms with Crippen molar-refractivity contribution in [1.29, 1.82) is 0 Å². The van der Waals surface area contributed by atoms with Crippen molar-refractivity contribution in [3.8, 4) is 0 Å². The van der Waals surface area contributed by atoms with Crippen LogP contribution in [-0.4, -0.2) is 30.5 Å². The maximum Gasteiger partial charge on any atom is 0.142 e. The first-order valence-electron chi connectivity index (χ1n) is 7.05. The van der Waals surface area contributed by atoms with Gasteiger partial charge in [-0.25, -0.2) is 8.78 Å². The van der Waals surface area contributed by atoms with Crippen LogP contribution < -0.4 is 0 Å². The first kappa shape index (κ1) is 15.2. The van der Waals surface area contributed by atoms with Gasteiger partial charge in [0.15, 0.2) is 0 Å². The maximum atomic E-state index is 13.9. The molecule has 1 spiro atoms. The predicted octanol–water partition coefficient (Wildman–Crippen LogP) is 3.24. The van der Waals surface area contributed by atoms with Crippen LogP contribution >= 0.6 is 11.6 Å². The maximum absolute atomic E-state index is 13.9. The van der Waals surface area contributed by atoms with Gasteiger partial charge in [0.1, 0.15) is 11.6 Å². The first-order chi connectivity index (χ1) is 10.0. The molecule has 6 heteroatoms. The number of halogens is 3. The van der Waals surface area contributed by atoms with E-state index in [0.29, 0.717) is 32.7 Å². The SMILES string of the molecule is OC(c1cc(F)c(Cl)cc1F)C1CCOC2(CCOC2)C1. The number of hydrogen-bond donors (Lipinski definition) is 1. The summed E-state index contributed by atoms with van der Waals surface area (Å²) in [6, 6.07) is 1.89. The van der Waals surface area contributed by atoms with E-state index in [4.69, 9.17) is 21.1 Å². The normalized spacial score (nSPS) is 30.8. The number of benzene rings is 1. The Balaban J connectivity index is 1.81. The summed E-state index contributed by atoms with van der Waals surface area (Å²) < 4.78 is 38.6. The molecular weight excluding hydrogens is 302 g/mol. The molecule has 3 rings (SSSR count). The molecule has 0 radical (unpaired) electrons. The van der Waals surface area contributed by atoms with Crippen LogP contribution in [-0.2, 0) is 9.47 Å². The Morgan fingerprint density at radius 2 is 2.10 bits per heavy atom. The minimum Gasteiger partial charge on any atom is -0.388 e. The minimum atomic E-state index is -1.07. The van der Waals surface area contributed by atoms with E-state index < -0.39 is 17.7 Å². The molecule has 0 bridgehead atoms. The molecule has 2 saturated heterocycles. The molecule has 116 valence electrons. The quantitative estimate of drug-likeness (QED) is 0.851. The van der Waals surface area contributed by atoms with Crippen molar-refractivity contribution in [2.75, 3.05) is 19.8 Å². The monoisotopic (exact) mass is 318 g/mol. The third-order valence-electron chi connectivity index (χ3n) is 4.40. The van der Waals surface area contributed by atoms with Crippen molar-refractivity contribution in [3.63, 3.8) is 0 Å². The Morgan fingerprint density at radius 3 is 2.81 bits per heavy atom. The third kappa shape index (κ3) is 2.93. The van der Waals surface area contributed by atoms with E-state index in [1.165, 1.54) is 0 Å². The van der Waals surface area contributed by atoms with Crippen LogP contribution in [0.5, 0.6) is 0 Å². The smallest absolute Gasteiger partial charge is 0.142 e. The molecule has 0 aromatic heterocycles. The number of aliphatic hydroxyl groups excluding tert-OH is 1. The van der Waals surface area contributed by atoms with Crippen molar-refractivity contribution < 1.29 is 23.4 Å². The number of aliphatic hydroxyl groups is 1. The van der Waals surface area contributed by atoms with Crippen molar-refractivity contribution in [1.82, 2.24) is 0 Å². The Morgan fingerprint density at radius 1 is 1.29 bits per heavy atom. The van der Waals surface area contributed by atoms with Gasteiger partial charge in [0.05, 0.1) is 23.3 Å². The van der Waals surface area contributed by atoms with Gasteiger partial charge in [-0.05, 0) is 30.9 Å². The highest BCUT2D eigenvalue weighted by Gasteiger charge is 2.43. The minimum absolute atomic E-state index is 0.0436. The number of ether oxygens (including phenoxy) is 2. The summed E-state index contributed by atoms with van der Waals surface area (Å²) in [5.74, 6) is -1.59. The number of rotatable bonds is 2. The molecule has 0 aliphatic carbocycles. The molecule has 2 aliphatic heterocycles. The van der Waals surface area contributed by atoms with Crippen LogP contribution in [0.15, 0.2) is 12.1 Å². The van der Waals surface area contributed by atoms with E-state index in [9.17, 15) is 13.9 Å². The average Bonchev–Trinajstić information content (AvgIpc) is 2.90. The fourth-order valence-electron chi connectivity index (χ4n) is 3.22. The molecule has 2 fully saturated rings. The summed E-state index contributed by atoms with van der Waals surface area (Å²) in [5.41, 5.74) is -0.427. The highest BCUT2D eigenvalue weighted by molar-refractivity contribution is 6.30. The second-order valence-electron chi connectivity index (χ2n) is 5.82. The fraction of sp³-hybridized carbons (Fsp3) is 0.600. The Kier molecular flexibility index (Phi) is 4.19. The standard InChI is InChI=1S/C15H17ClF2O3/c16-11-6-12(17)10(5-13(11)18)14(19)9-1-3-21-15(7-9)2-4-20-8-15/h5-6,9,14,19H,1-4,7-8H2. The summed E-state index contributed by atoms with van der Waals surface area (Å²) in [6.07, 6.45) is 0.885. The molecular formula is C15H17ClF2O3. The summed E-state index contributed by atoms with van der Waals surface area (Å²) in [4.78, 5) is 0. The number of hydrogen-bond acceptors (Lipinski definition) is 3. The lowest BCUT2D eigenvalue weighted by molar-refractivity contribution is -0.117. The molecule has 1 aromatic rings. The zero-order valence-electron chi connectivity index (χ0n) is 11.4. The lowest BCUT2D eigenvalue weighted by Crippen LogP contribution is -2.42. The third-order valence-corrected chi connectivity index (χ3v) is 4.69. The van der Waals surface area contributed by atoms with E-state index in [1.807, 2.05) is 0 Å². The lowest BCUT2D eigenvalue weighted by atomic mass is 9.80. The average molecular weight is 319 g/mol. The zero-order valence-corrected chi connectivity index (χ0v) is 12.2. The van der Waals surface area contributed by atoms with Gasteiger partial charge in [-0.1, -0.05) is 11.6 Å². The molecule has 0 amide bonds. The van der Waals surface area contributed by atoms with Crippen LogP contribution in [0.4, 0.5) is 8.78 Å². The largest absolute Gasteiger partial charge is 0.388 e. The van der Waals surface area contributed by atoms with Gasteiger partial charge in [-0.2, -0.15) is 0 Å². The van der Waals surface area contributed by atoms with Crippen molar-refractivity contribution in [3.05, 3.63) is 34.4 Å². The predicted molar refractivity (Wildman–Crippen MR) is 73.2 cm³/mol. The van der Waals surface area contributed by atoms with E-state index in [0.717, 1.165) is 18.6 Å². The van der Waals surface area contributed by atoms with Gasteiger partial charge in [-0.15, -0.1) is 0 Å². The first-order valence-corrected chi connectivity index (χ1v) is 7.43. The topological polar surface area (TPSA) is 38.7 Å². The summed E-state index contributed by atoms with van der Waals surface area (Å²) in [7, 11) is 0. The molecule has 3 nitrogen and oxygen atoms in total.